The minimum Gasteiger partial charge on any atom is -0.489 e. The molecule has 0 spiro atoms. The summed E-state index contributed by atoms with van der Waals surface area (Å²) in [5, 5.41) is 3.78. The maximum absolute atomic E-state index is 12.9. The number of rotatable bonds is 6. The molecule has 2 aromatic carbocycles. The van der Waals surface area contributed by atoms with Gasteiger partial charge in [-0.05, 0) is 23.8 Å². The fourth-order valence-corrected chi connectivity index (χ4v) is 3.40. The molecule has 4 rings (SSSR count). The number of piperazine rings is 1. The van der Waals surface area contributed by atoms with Gasteiger partial charge < -0.3 is 19.1 Å². The minimum atomic E-state index is -0.0521. The van der Waals surface area contributed by atoms with Gasteiger partial charge in [0.25, 0.3) is 5.91 Å². The van der Waals surface area contributed by atoms with Gasteiger partial charge in [0.2, 0.25) is 5.91 Å². The summed E-state index contributed by atoms with van der Waals surface area (Å²) in [6, 6.07) is 18.8. The highest BCUT2D eigenvalue weighted by Gasteiger charge is 2.25. The second-order valence-electron chi connectivity index (χ2n) is 7.14. The Hall–Kier alpha value is -3.61. The van der Waals surface area contributed by atoms with E-state index in [2.05, 4.69) is 5.16 Å². The van der Waals surface area contributed by atoms with E-state index in [-0.39, 0.29) is 18.2 Å². The van der Waals surface area contributed by atoms with Crippen LogP contribution in [0, 0.1) is 0 Å². The molecule has 0 N–H and O–H groups in total. The van der Waals surface area contributed by atoms with Crippen molar-refractivity contribution in [1.29, 1.82) is 0 Å². The van der Waals surface area contributed by atoms with Gasteiger partial charge in [-0.3, -0.25) is 9.59 Å². The Morgan fingerprint density at radius 2 is 1.70 bits per heavy atom. The first-order valence-corrected chi connectivity index (χ1v) is 9.92. The molecule has 30 heavy (non-hydrogen) atoms. The first-order valence-electron chi connectivity index (χ1n) is 9.92. The van der Waals surface area contributed by atoms with Crippen molar-refractivity contribution < 1.29 is 18.8 Å². The van der Waals surface area contributed by atoms with E-state index >= 15 is 0 Å². The van der Waals surface area contributed by atoms with Crippen molar-refractivity contribution in [3.63, 3.8) is 0 Å². The van der Waals surface area contributed by atoms with Crippen LogP contribution < -0.4 is 4.74 Å². The molecule has 1 aromatic heterocycles. The van der Waals surface area contributed by atoms with Crippen LogP contribution in [0.15, 0.2) is 71.4 Å². The fraction of sp³-hybridized carbons (Fsp3) is 0.261. The Morgan fingerprint density at radius 3 is 2.43 bits per heavy atom. The topological polar surface area (TPSA) is 75.9 Å². The van der Waals surface area contributed by atoms with Crippen LogP contribution in [0.5, 0.6) is 5.75 Å². The van der Waals surface area contributed by atoms with Gasteiger partial charge in [-0.15, -0.1) is 0 Å². The molecule has 7 nitrogen and oxygen atoms in total. The van der Waals surface area contributed by atoms with Crippen LogP contribution >= 0.6 is 0 Å². The standard InChI is InChI=1S/C23H23N3O4/c27-22(16-20-9-14-30-24-20)25-10-12-26(13-11-25)23(28)19-7-4-8-21(15-19)29-17-18-5-2-1-3-6-18/h1-9,14-15H,10-13,16-17H2. The van der Waals surface area contributed by atoms with E-state index in [0.717, 1.165) is 5.56 Å². The molecule has 0 atom stereocenters. The highest BCUT2D eigenvalue weighted by Crippen LogP contribution is 2.18. The Kier molecular flexibility index (Phi) is 6.08. The van der Waals surface area contributed by atoms with Crippen LogP contribution in [0.4, 0.5) is 0 Å². The number of aromatic nitrogens is 1. The molecule has 2 heterocycles. The molecule has 0 radical (unpaired) electrons. The molecule has 1 saturated heterocycles. The summed E-state index contributed by atoms with van der Waals surface area (Å²) >= 11 is 0. The Labute approximate surface area is 174 Å². The molecule has 3 aromatic rings. The lowest BCUT2D eigenvalue weighted by Crippen LogP contribution is -2.51. The summed E-state index contributed by atoms with van der Waals surface area (Å²) in [4.78, 5) is 28.8. The zero-order chi connectivity index (χ0) is 20.8. The van der Waals surface area contributed by atoms with Gasteiger partial charge in [-0.25, -0.2) is 0 Å². The quantitative estimate of drug-likeness (QED) is 0.630. The van der Waals surface area contributed by atoms with Crippen molar-refractivity contribution in [2.75, 3.05) is 26.2 Å². The van der Waals surface area contributed by atoms with Crippen molar-refractivity contribution in [3.05, 3.63) is 83.7 Å². The SMILES string of the molecule is O=C(Cc1ccon1)N1CCN(C(=O)c2cccc(OCc3ccccc3)c2)CC1. The number of hydrogen-bond acceptors (Lipinski definition) is 5. The van der Waals surface area contributed by atoms with Crippen molar-refractivity contribution >= 4 is 11.8 Å². The third kappa shape index (κ3) is 4.86. The molecule has 1 fully saturated rings. The number of nitrogens with zero attached hydrogens (tertiary/aromatic N) is 3. The van der Waals surface area contributed by atoms with Gasteiger partial charge >= 0.3 is 0 Å². The van der Waals surface area contributed by atoms with E-state index in [1.807, 2.05) is 42.5 Å². The molecular weight excluding hydrogens is 382 g/mol. The van der Waals surface area contributed by atoms with Gasteiger partial charge in [-0.1, -0.05) is 41.6 Å². The largest absolute Gasteiger partial charge is 0.489 e. The zero-order valence-electron chi connectivity index (χ0n) is 16.6. The molecule has 154 valence electrons. The first kappa shape index (κ1) is 19.7. The second kappa shape index (κ2) is 9.26. The predicted molar refractivity (Wildman–Crippen MR) is 110 cm³/mol. The van der Waals surface area contributed by atoms with E-state index in [1.165, 1.54) is 6.26 Å². The van der Waals surface area contributed by atoms with Gasteiger partial charge in [0.15, 0.2) is 0 Å². The van der Waals surface area contributed by atoms with Crippen LogP contribution in [-0.2, 0) is 17.8 Å². The molecule has 0 aliphatic carbocycles. The Bertz CT molecular complexity index is 981. The Balaban J connectivity index is 1.31. The number of carbonyl (C=O) groups is 2. The summed E-state index contributed by atoms with van der Waals surface area (Å²) < 4.78 is 10.6. The molecule has 7 heteroatoms. The van der Waals surface area contributed by atoms with Crippen LogP contribution in [-0.4, -0.2) is 52.9 Å². The highest BCUT2D eigenvalue weighted by atomic mass is 16.5. The molecular formula is C23H23N3O4. The smallest absolute Gasteiger partial charge is 0.254 e. The number of benzene rings is 2. The highest BCUT2D eigenvalue weighted by molar-refractivity contribution is 5.94. The van der Waals surface area contributed by atoms with Crippen molar-refractivity contribution in [2.24, 2.45) is 0 Å². The number of carbonyl (C=O) groups excluding carboxylic acids is 2. The fourth-order valence-electron chi connectivity index (χ4n) is 3.40. The number of amides is 2. The summed E-state index contributed by atoms with van der Waals surface area (Å²) in [7, 11) is 0. The lowest BCUT2D eigenvalue weighted by molar-refractivity contribution is -0.132. The van der Waals surface area contributed by atoms with Crippen molar-refractivity contribution in [1.82, 2.24) is 15.0 Å². The van der Waals surface area contributed by atoms with Crippen molar-refractivity contribution in [3.8, 4) is 5.75 Å². The lowest BCUT2D eigenvalue weighted by Gasteiger charge is -2.34. The van der Waals surface area contributed by atoms with Crippen molar-refractivity contribution in [2.45, 2.75) is 13.0 Å². The monoisotopic (exact) mass is 405 g/mol. The van der Waals surface area contributed by atoms with E-state index in [9.17, 15) is 9.59 Å². The third-order valence-electron chi connectivity index (χ3n) is 5.07. The van der Waals surface area contributed by atoms with Crippen LogP contribution in [0.25, 0.3) is 0 Å². The average molecular weight is 405 g/mol. The van der Waals surface area contributed by atoms with Crippen LogP contribution in [0.3, 0.4) is 0 Å². The predicted octanol–water partition coefficient (Wildman–Crippen LogP) is 2.78. The maximum Gasteiger partial charge on any atom is 0.254 e. The van der Waals surface area contributed by atoms with Gasteiger partial charge in [0.1, 0.15) is 18.6 Å². The second-order valence-corrected chi connectivity index (χ2v) is 7.14. The van der Waals surface area contributed by atoms with E-state index in [4.69, 9.17) is 9.26 Å². The normalized spacial score (nSPS) is 13.9. The summed E-state index contributed by atoms with van der Waals surface area (Å²) in [5.41, 5.74) is 2.27. The summed E-state index contributed by atoms with van der Waals surface area (Å²) in [6.07, 6.45) is 1.67. The molecule has 2 amide bonds. The Morgan fingerprint density at radius 1 is 0.933 bits per heavy atom. The van der Waals surface area contributed by atoms with E-state index < -0.39 is 0 Å². The molecule has 0 bridgehead atoms. The van der Waals surface area contributed by atoms with Crippen LogP contribution in [0.1, 0.15) is 21.6 Å². The van der Waals surface area contributed by atoms with E-state index in [0.29, 0.717) is 49.8 Å². The maximum atomic E-state index is 12.9. The van der Waals surface area contributed by atoms with Gasteiger partial charge in [0.05, 0.1) is 12.1 Å². The lowest BCUT2D eigenvalue weighted by atomic mass is 10.1. The molecule has 0 unspecified atom stereocenters. The number of hydrogen-bond donors (Lipinski definition) is 0. The van der Waals surface area contributed by atoms with Gasteiger partial charge in [-0.2, -0.15) is 0 Å². The zero-order valence-corrected chi connectivity index (χ0v) is 16.6. The molecule has 1 aliphatic heterocycles. The van der Waals surface area contributed by atoms with Gasteiger partial charge in [0, 0.05) is 37.8 Å². The number of ether oxygens (including phenoxy) is 1. The summed E-state index contributed by atoms with van der Waals surface area (Å²) in [5.74, 6) is 0.599. The van der Waals surface area contributed by atoms with Crippen LogP contribution in [0.2, 0.25) is 0 Å². The minimum absolute atomic E-state index is 0.00712. The average Bonchev–Trinajstić information content (AvgIpc) is 3.31. The first-order chi connectivity index (χ1) is 14.7. The molecule has 0 saturated carbocycles. The third-order valence-corrected chi connectivity index (χ3v) is 5.07. The van der Waals surface area contributed by atoms with E-state index in [1.54, 1.807) is 28.0 Å². The summed E-state index contributed by atoms with van der Waals surface area (Å²) in [6.45, 7) is 2.46. The molecule has 1 aliphatic rings.